The van der Waals surface area contributed by atoms with Gasteiger partial charge in [-0.25, -0.2) is 4.79 Å². The van der Waals surface area contributed by atoms with Crippen LogP contribution in [0.4, 0.5) is 5.13 Å². The van der Waals surface area contributed by atoms with Crippen molar-refractivity contribution in [2.45, 2.75) is 20.0 Å². The van der Waals surface area contributed by atoms with Gasteiger partial charge in [0, 0.05) is 35.5 Å². The number of ether oxygens (including phenoxy) is 1. The van der Waals surface area contributed by atoms with Gasteiger partial charge in [-0.1, -0.05) is 11.3 Å². The molecule has 0 aliphatic heterocycles. The summed E-state index contributed by atoms with van der Waals surface area (Å²) >= 11 is 1.22. The molecule has 0 atom stereocenters. The first-order valence-electron chi connectivity index (χ1n) is 8.79. The monoisotopic (exact) mass is 408 g/mol. The summed E-state index contributed by atoms with van der Waals surface area (Å²) in [4.78, 5) is 28.7. The molecule has 0 saturated carbocycles. The average molecular weight is 408 g/mol. The molecule has 0 unspecified atom stereocenters. The zero-order valence-electron chi connectivity index (χ0n) is 15.6. The number of pyridine rings is 1. The molecule has 1 amide bonds. The summed E-state index contributed by atoms with van der Waals surface area (Å²) in [6.07, 6.45) is 3.28. The second-order valence-electron chi connectivity index (χ2n) is 6.41. The van der Waals surface area contributed by atoms with E-state index in [0.29, 0.717) is 21.3 Å². The van der Waals surface area contributed by atoms with Crippen molar-refractivity contribution >= 4 is 33.3 Å². The molecule has 146 valence electrons. The number of benzene rings is 1. The van der Waals surface area contributed by atoms with Crippen molar-refractivity contribution in [2.75, 3.05) is 5.32 Å². The number of hydrogen-bond acceptors (Lipinski definition) is 8. The smallest absolute Gasteiger partial charge is 0.337 e. The van der Waals surface area contributed by atoms with E-state index in [1.165, 1.54) is 11.3 Å². The Morgan fingerprint density at radius 2 is 1.93 bits per heavy atom. The Labute approximate surface area is 169 Å². The molecule has 0 fully saturated rings. The van der Waals surface area contributed by atoms with Crippen LogP contribution >= 0.6 is 11.3 Å². The van der Waals surface area contributed by atoms with Gasteiger partial charge < -0.3 is 9.15 Å². The van der Waals surface area contributed by atoms with E-state index >= 15 is 0 Å². The van der Waals surface area contributed by atoms with Crippen LogP contribution < -0.4 is 15.7 Å². The van der Waals surface area contributed by atoms with Crippen molar-refractivity contribution in [3.05, 3.63) is 64.8 Å². The van der Waals surface area contributed by atoms with Crippen molar-refractivity contribution in [3.8, 4) is 16.3 Å². The SMILES string of the molecule is CC(C)Oc1ccc2c(C(=O)Nc3nnc(-c4ccncc4)s3)cc(=O)oc2c1. The minimum Gasteiger partial charge on any atom is -0.491 e. The summed E-state index contributed by atoms with van der Waals surface area (Å²) in [5.74, 6) is 0.0807. The lowest BCUT2D eigenvalue weighted by atomic mass is 10.1. The quantitative estimate of drug-likeness (QED) is 0.501. The molecule has 29 heavy (non-hydrogen) atoms. The molecule has 4 aromatic rings. The predicted octanol–water partition coefficient (Wildman–Crippen LogP) is 3.75. The first-order chi connectivity index (χ1) is 14.0. The molecular weight excluding hydrogens is 392 g/mol. The Morgan fingerprint density at radius 1 is 1.14 bits per heavy atom. The Kier molecular flexibility index (Phi) is 5.05. The highest BCUT2D eigenvalue weighted by Gasteiger charge is 2.16. The highest BCUT2D eigenvalue weighted by Crippen LogP contribution is 2.27. The molecular formula is C20H16N4O4S. The van der Waals surface area contributed by atoms with Crippen LogP contribution in [0.5, 0.6) is 5.75 Å². The highest BCUT2D eigenvalue weighted by molar-refractivity contribution is 7.18. The largest absolute Gasteiger partial charge is 0.491 e. The lowest BCUT2D eigenvalue weighted by molar-refractivity contribution is 0.102. The molecule has 0 spiro atoms. The van der Waals surface area contributed by atoms with Crippen LogP contribution in [0.25, 0.3) is 21.5 Å². The Hall–Kier alpha value is -3.59. The average Bonchev–Trinajstić information content (AvgIpc) is 3.15. The zero-order chi connectivity index (χ0) is 20.4. The topological polar surface area (TPSA) is 107 Å². The van der Waals surface area contributed by atoms with E-state index in [1.54, 1.807) is 42.7 Å². The van der Waals surface area contributed by atoms with Crippen LogP contribution in [0.1, 0.15) is 24.2 Å². The molecule has 0 aliphatic carbocycles. The van der Waals surface area contributed by atoms with Gasteiger partial charge in [-0.2, -0.15) is 0 Å². The standard InChI is InChI=1S/C20H16N4O4S/c1-11(2)27-13-3-4-14-15(10-17(25)28-16(14)9-13)18(26)22-20-24-23-19(29-20)12-5-7-21-8-6-12/h3-11H,1-2H3,(H,22,24,26). The van der Waals surface area contributed by atoms with Gasteiger partial charge in [0.15, 0.2) is 0 Å². The van der Waals surface area contributed by atoms with Gasteiger partial charge in [0.05, 0.1) is 11.7 Å². The number of aromatic nitrogens is 3. The van der Waals surface area contributed by atoms with Crippen molar-refractivity contribution in [1.82, 2.24) is 15.2 Å². The maximum Gasteiger partial charge on any atom is 0.337 e. The predicted molar refractivity (Wildman–Crippen MR) is 109 cm³/mol. The fraction of sp³-hybridized carbons (Fsp3) is 0.150. The Balaban J connectivity index is 1.63. The highest BCUT2D eigenvalue weighted by atomic mass is 32.1. The minimum absolute atomic E-state index is 0.0300. The van der Waals surface area contributed by atoms with Crippen LogP contribution in [0, 0.1) is 0 Å². The summed E-state index contributed by atoms with van der Waals surface area (Å²) in [7, 11) is 0. The van der Waals surface area contributed by atoms with E-state index < -0.39 is 11.5 Å². The molecule has 1 aromatic carbocycles. The number of fused-ring (bicyclic) bond motifs is 1. The van der Waals surface area contributed by atoms with Crippen molar-refractivity contribution in [1.29, 1.82) is 0 Å². The number of anilines is 1. The van der Waals surface area contributed by atoms with E-state index in [-0.39, 0.29) is 17.3 Å². The summed E-state index contributed by atoms with van der Waals surface area (Å²) in [6.45, 7) is 3.79. The van der Waals surface area contributed by atoms with Gasteiger partial charge in [-0.05, 0) is 38.1 Å². The third-order valence-corrected chi connectivity index (χ3v) is 4.79. The maximum atomic E-state index is 12.8. The van der Waals surface area contributed by atoms with E-state index in [2.05, 4.69) is 20.5 Å². The number of carbonyl (C=O) groups is 1. The summed E-state index contributed by atoms with van der Waals surface area (Å²) in [5.41, 5.74) is 0.684. The van der Waals surface area contributed by atoms with Crippen molar-refractivity contribution in [3.63, 3.8) is 0 Å². The fourth-order valence-corrected chi connectivity index (χ4v) is 3.47. The molecule has 3 aromatic heterocycles. The summed E-state index contributed by atoms with van der Waals surface area (Å²) < 4.78 is 10.9. The second kappa shape index (κ2) is 7.80. The van der Waals surface area contributed by atoms with Crippen LogP contribution in [-0.4, -0.2) is 27.2 Å². The minimum atomic E-state index is -0.626. The lowest BCUT2D eigenvalue weighted by Gasteiger charge is -2.10. The molecule has 0 bridgehead atoms. The van der Waals surface area contributed by atoms with Crippen LogP contribution in [0.3, 0.4) is 0 Å². The molecule has 3 heterocycles. The first-order valence-corrected chi connectivity index (χ1v) is 9.61. The van der Waals surface area contributed by atoms with Gasteiger partial charge in [0.2, 0.25) is 5.13 Å². The summed E-state index contributed by atoms with van der Waals surface area (Å²) in [5, 5.41) is 12.2. The molecule has 8 nitrogen and oxygen atoms in total. The number of carbonyl (C=O) groups excluding carboxylic acids is 1. The van der Waals surface area contributed by atoms with E-state index in [9.17, 15) is 9.59 Å². The van der Waals surface area contributed by atoms with Gasteiger partial charge in [-0.3, -0.25) is 15.1 Å². The third kappa shape index (κ3) is 4.14. The Morgan fingerprint density at radius 3 is 2.69 bits per heavy atom. The van der Waals surface area contributed by atoms with Gasteiger partial charge in [0.1, 0.15) is 16.3 Å². The molecule has 1 N–H and O–H groups in total. The van der Waals surface area contributed by atoms with E-state index in [4.69, 9.17) is 9.15 Å². The Bertz CT molecular complexity index is 1230. The molecule has 4 rings (SSSR count). The number of nitrogens with one attached hydrogen (secondary N) is 1. The number of nitrogens with zero attached hydrogens (tertiary/aromatic N) is 3. The van der Waals surface area contributed by atoms with Crippen LogP contribution in [0.2, 0.25) is 0 Å². The first kappa shape index (κ1) is 18.8. The van der Waals surface area contributed by atoms with Crippen molar-refractivity contribution < 1.29 is 13.9 Å². The molecule has 0 saturated heterocycles. The normalized spacial score (nSPS) is 11.0. The molecule has 0 aliphatic rings. The third-order valence-electron chi connectivity index (χ3n) is 3.91. The fourth-order valence-electron chi connectivity index (χ4n) is 2.73. The van der Waals surface area contributed by atoms with Gasteiger partial charge in [-0.15, -0.1) is 10.2 Å². The van der Waals surface area contributed by atoms with Gasteiger partial charge in [0.25, 0.3) is 5.91 Å². The van der Waals surface area contributed by atoms with Crippen LogP contribution in [-0.2, 0) is 0 Å². The second-order valence-corrected chi connectivity index (χ2v) is 7.38. The zero-order valence-corrected chi connectivity index (χ0v) is 16.4. The van der Waals surface area contributed by atoms with Crippen LogP contribution in [0.15, 0.2) is 58.0 Å². The van der Waals surface area contributed by atoms with E-state index in [0.717, 1.165) is 11.6 Å². The van der Waals surface area contributed by atoms with Gasteiger partial charge >= 0.3 is 5.63 Å². The summed E-state index contributed by atoms with van der Waals surface area (Å²) in [6, 6.07) is 9.78. The molecule has 0 radical (unpaired) electrons. The number of hydrogen-bond donors (Lipinski definition) is 1. The number of amides is 1. The van der Waals surface area contributed by atoms with Crippen molar-refractivity contribution in [2.24, 2.45) is 0 Å². The maximum absolute atomic E-state index is 12.8. The van der Waals surface area contributed by atoms with E-state index in [1.807, 2.05) is 13.8 Å². The molecule has 9 heteroatoms. The number of rotatable bonds is 5. The lowest BCUT2D eigenvalue weighted by Crippen LogP contribution is -2.15.